The normalized spacial score (nSPS) is 19.7. The SMILES string of the molecule is C[C@@H](Cn1c(CN2CCCCC2)nc2ccc(C(=O)O)cc21)OC1CC1. The fourth-order valence-corrected chi connectivity index (χ4v) is 3.78. The van der Waals surface area contributed by atoms with E-state index in [1.807, 2.05) is 6.07 Å². The van der Waals surface area contributed by atoms with E-state index in [1.54, 1.807) is 12.1 Å². The van der Waals surface area contributed by atoms with E-state index in [4.69, 9.17) is 9.72 Å². The number of rotatable bonds is 7. The number of benzene rings is 1. The van der Waals surface area contributed by atoms with Crippen molar-refractivity contribution in [1.29, 1.82) is 0 Å². The van der Waals surface area contributed by atoms with E-state index in [0.717, 1.165) is 49.3 Å². The van der Waals surface area contributed by atoms with Crippen LogP contribution >= 0.6 is 0 Å². The molecular formula is C20H27N3O3. The largest absolute Gasteiger partial charge is 0.478 e. The topological polar surface area (TPSA) is 67.6 Å². The number of fused-ring (bicyclic) bond motifs is 1. The van der Waals surface area contributed by atoms with Gasteiger partial charge in [0.2, 0.25) is 0 Å². The summed E-state index contributed by atoms with van der Waals surface area (Å²) in [4.78, 5) is 18.7. The Hall–Kier alpha value is -1.92. The zero-order valence-corrected chi connectivity index (χ0v) is 15.4. The summed E-state index contributed by atoms with van der Waals surface area (Å²) in [5.74, 6) is 0.107. The van der Waals surface area contributed by atoms with Gasteiger partial charge in [0, 0.05) is 0 Å². The summed E-state index contributed by atoms with van der Waals surface area (Å²) < 4.78 is 8.20. The van der Waals surface area contributed by atoms with Gasteiger partial charge in [-0.1, -0.05) is 6.42 Å². The first-order valence-electron chi connectivity index (χ1n) is 9.70. The van der Waals surface area contributed by atoms with Gasteiger partial charge in [0.15, 0.2) is 0 Å². The molecule has 1 aliphatic heterocycles. The molecule has 1 saturated heterocycles. The molecule has 6 nitrogen and oxygen atoms in total. The van der Waals surface area contributed by atoms with Crippen molar-refractivity contribution < 1.29 is 14.6 Å². The first-order chi connectivity index (χ1) is 12.6. The zero-order chi connectivity index (χ0) is 18.1. The number of ether oxygens (including phenoxy) is 1. The Morgan fingerprint density at radius 3 is 2.77 bits per heavy atom. The van der Waals surface area contributed by atoms with Crippen LogP contribution in [0.5, 0.6) is 0 Å². The van der Waals surface area contributed by atoms with Crippen LogP contribution in [0.15, 0.2) is 18.2 Å². The van der Waals surface area contributed by atoms with E-state index < -0.39 is 5.97 Å². The van der Waals surface area contributed by atoms with Crippen molar-refractivity contribution in [2.75, 3.05) is 13.1 Å². The van der Waals surface area contributed by atoms with Crippen LogP contribution in [0.1, 0.15) is 55.2 Å². The molecule has 0 unspecified atom stereocenters. The molecular weight excluding hydrogens is 330 g/mol. The quantitative estimate of drug-likeness (QED) is 0.824. The molecule has 1 atom stereocenters. The summed E-state index contributed by atoms with van der Waals surface area (Å²) >= 11 is 0. The number of nitrogens with zero attached hydrogens (tertiary/aromatic N) is 3. The van der Waals surface area contributed by atoms with Crippen molar-refractivity contribution in [2.24, 2.45) is 0 Å². The minimum absolute atomic E-state index is 0.0912. The number of hydrogen-bond acceptors (Lipinski definition) is 4. The molecule has 0 amide bonds. The standard InChI is InChI=1S/C20H27N3O3/c1-14(26-16-6-7-16)12-23-18-11-15(20(24)25)5-8-17(18)21-19(23)13-22-9-3-2-4-10-22/h5,8,11,14,16H,2-4,6-7,9-10,12-13H2,1H3,(H,24,25)/t14-/m0/s1. The van der Waals surface area contributed by atoms with Crippen LogP contribution in [0.25, 0.3) is 11.0 Å². The average Bonchev–Trinajstić information content (AvgIpc) is 3.38. The molecule has 1 N–H and O–H groups in total. The number of carboxylic acid groups (broad SMARTS) is 1. The van der Waals surface area contributed by atoms with Crippen LogP contribution in [0.2, 0.25) is 0 Å². The van der Waals surface area contributed by atoms with Gasteiger partial charge in [-0.3, -0.25) is 4.90 Å². The summed E-state index contributed by atoms with van der Waals surface area (Å²) in [5, 5.41) is 9.35. The summed E-state index contributed by atoms with van der Waals surface area (Å²) in [6, 6.07) is 5.20. The van der Waals surface area contributed by atoms with Gasteiger partial charge >= 0.3 is 5.97 Å². The van der Waals surface area contributed by atoms with E-state index in [9.17, 15) is 9.90 Å². The van der Waals surface area contributed by atoms with E-state index in [0.29, 0.717) is 18.2 Å². The lowest BCUT2D eigenvalue weighted by Gasteiger charge is -2.26. The molecule has 2 aromatic rings. The molecule has 6 heteroatoms. The highest BCUT2D eigenvalue weighted by atomic mass is 16.5. The molecule has 2 aliphatic rings. The number of carboxylic acids is 1. The Labute approximate surface area is 153 Å². The second kappa shape index (κ2) is 7.37. The van der Waals surface area contributed by atoms with E-state index in [2.05, 4.69) is 16.4 Å². The second-order valence-electron chi connectivity index (χ2n) is 7.63. The van der Waals surface area contributed by atoms with Gasteiger partial charge in [0.1, 0.15) is 5.82 Å². The van der Waals surface area contributed by atoms with Gasteiger partial charge in [-0.05, 0) is 63.9 Å². The molecule has 0 radical (unpaired) electrons. The molecule has 140 valence electrons. The number of carbonyl (C=O) groups is 1. The van der Waals surface area contributed by atoms with Gasteiger partial charge in [-0.15, -0.1) is 0 Å². The van der Waals surface area contributed by atoms with E-state index >= 15 is 0 Å². The minimum atomic E-state index is -0.903. The molecule has 1 saturated carbocycles. The minimum Gasteiger partial charge on any atom is -0.478 e. The van der Waals surface area contributed by atoms with Crippen molar-refractivity contribution in [3.63, 3.8) is 0 Å². The molecule has 4 rings (SSSR count). The molecule has 1 aliphatic carbocycles. The molecule has 0 bridgehead atoms. The fourth-order valence-electron chi connectivity index (χ4n) is 3.78. The van der Waals surface area contributed by atoms with Gasteiger partial charge in [0.25, 0.3) is 0 Å². The Kier molecular flexibility index (Phi) is 4.96. The Morgan fingerprint density at radius 2 is 2.08 bits per heavy atom. The molecule has 1 aromatic heterocycles. The van der Waals surface area contributed by atoms with Crippen molar-refractivity contribution >= 4 is 17.0 Å². The van der Waals surface area contributed by atoms with Gasteiger partial charge in [-0.25, -0.2) is 9.78 Å². The summed E-state index contributed by atoms with van der Waals surface area (Å²) in [6.45, 7) is 5.83. The first kappa shape index (κ1) is 17.5. The van der Waals surface area contributed by atoms with Crippen molar-refractivity contribution in [3.05, 3.63) is 29.6 Å². The van der Waals surface area contributed by atoms with Crippen LogP contribution in [-0.4, -0.2) is 50.8 Å². The Balaban J connectivity index is 1.65. The maximum Gasteiger partial charge on any atom is 0.335 e. The number of piperidine rings is 1. The Bertz CT molecular complexity index is 791. The molecule has 26 heavy (non-hydrogen) atoms. The monoisotopic (exact) mass is 357 g/mol. The van der Waals surface area contributed by atoms with E-state index in [1.165, 1.54) is 19.3 Å². The highest BCUT2D eigenvalue weighted by molar-refractivity contribution is 5.92. The van der Waals surface area contributed by atoms with Gasteiger partial charge in [0.05, 0.1) is 41.9 Å². The lowest BCUT2D eigenvalue weighted by Crippen LogP contribution is -2.31. The zero-order valence-electron chi connectivity index (χ0n) is 15.4. The Morgan fingerprint density at radius 1 is 1.31 bits per heavy atom. The van der Waals surface area contributed by atoms with Crippen molar-refractivity contribution in [2.45, 2.75) is 64.3 Å². The highest BCUT2D eigenvalue weighted by Crippen LogP contribution is 2.27. The molecule has 2 fully saturated rings. The maximum atomic E-state index is 11.4. The lowest BCUT2D eigenvalue weighted by atomic mass is 10.1. The third-order valence-corrected chi connectivity index (χ3v) is 5.28. The number of likely N-dealkylation sites (tertiary alicyclic amines) is 1. The maximum absolute atomic E-state index is 11.4. The van der Waals surface area contributed by atoms with Gasteiger partial charge < -0.3 is 14.4 Å². The van der Waals surface area contributed by atoms with Gasteiger partial charge in [-0.2, -0.15) is 0 Å². The third kappa shape index (κ3) is 3.91. The molecule has 0 spiro atoms. The van der Waals surface area contributed by atoms with E-state index in [-0.39, 0.29) is 6.10 Å². The van der Waals surface area contributed by atoms with Crippen LogP contribution in [0.3, 0.4) is 0 Å². The third-order valence-electron chi connectivity index (χ3n) is 5.28. The fraction of sp³-hybridized carbons (Fsp3) is 0.600. The number of imidazole rings is 1. The van der Waals surface area contributed by atoms with Crippen LogP contribution in [-0.2, 0) is 17.8 Å². The van der Waals surface area contributed by atoms with Crippen molar-refractivity contribution in [3.8, 4) is 0 Å². The smallest absolute Gasteiger partial charge is 0.335 e. The predicted octanol–water partition coefficient (Wildman–Crippen LogP) is 3.29. The number of hydrogen-bond donors (Lipinski definition) is 1. The van der Waals surface area contributed by atoms with Crippen molar-refractivity contribution in [1.82, 2.24) is 14.5 Å². The van der Waals surface area contributed by atoms with Crippen LogP contribution in [0.4, 0.5) is 0 Å². The lowest BCUT2D eigenvalue weighted by molar-refractivity contribution is 0.0410. The summed E-state index contributed by atoms with van der Waals surface area (Å²) in [7, 11) is 0. The summed E-state index contributed by atoms with van der Waals surface area (Å²) in [6.07, 6.45) is 6.59. The predicted molar refractivity (Wildman–Crippen MR) is 99.4 cm³/mol. The molecule has 1 aromatic carbocycles. The highest BCUT2D eigenvalue weighted by Gasteiger charge is 2.26. The second-order valence-corrected chi connectivity index (χ2v) is 7.63. The molecule has 2 heterocycles. The average molecular weight is 357 g/mol. The summed E-state index contributed by atoms with van der Waals surface area (Å²) in [5.41, 5.74) is 2.06. The first-order valence-corrected chi connectivity index (χ1v) is 9.70. The van der Waals surface area contributed by atoms with Crippen LogP contribution < -0.4 is 0 Å². The number of aromatic carboxylic acids is 1. The number of aromatic nitrogens is 2. The van der Waals surface area contributed by atoms with Crippen LogP contribution in [0, 0.1) is 0 Å².